The molecule has 1 saturated carbocycles. The number of aliphatic hydroxyl groups is 2. The van der Waals surface area contributed by atoms with Crippen LogP contribution in [0.4, 0.5) is 5.13 Å². The van der Waals surface area contributed by atoms with E-state index >= 15 is 0 Å². The van der Waals surface area contributed by atoms with E-state index in [1.165, 1.54) is 11.3 Å². The number of amides is 1. The predicted octanol–water partition coefficient (Wildman–Crippen LogP) is 2.92. The molecule has 5 unspecified atom stereocenters. The summed E-state index contributed by atoms with van der Waals surface area (Å²) >= 11 is 1.28. The van der Waals surface area contributed by atoms with Crippen LogP contribution in [0.3, 0.4) is 0 Å². The van der Waals surface area contributed by atoms with Crippen molar-refractivity contribution >= 4 is 32.4 Å². The lowest BCUT2D eigenvalue weighted by Gasteiger charge is -2.58. The molecule has 1 saturated heterocycles. The molecule has 2 fully saturated rings. The van der Waals surface area contributed by atoms with Gasteiger partial charge in [0.1, 0.15) is 0 Å². The normalized spacial score (nSPS) is 31.4. The Balaban J connectivity index is 1.52. The Kier molecular flexibility index (Phi) is 7.36. The van der Waals surface area contributed by atoms with Gasteiger partial charge in [-0.15, -0.1) is 11.3 Å². The summed E-state index contributed by atoms with van der Waals surface area (Å²) < 4.78 is 34.3. The number of nitrogens with one attached hydrogen (secondary N) is 1. The highest BCUT2D eigenvalue weighted by Gasteiger charge is 2.59. The number of aryl methyl sites for hydroxylation is 1. The number of ether oxygens (including phenoxy) is 1. The highest BCUT2D eigenvalue weighted by atomic mass is 32.2. The maximum absolute atomic E-state index is 13.5. The van der Waals surface area contributed by atoms with E-state index in [1.54, 1.807) is 24.3 Å². The molecule has 0 bridgehead atoms. The topological polar surface area (TPSA) is 129 Å². The highest BCUT2D eigenvalue weighted by Crippen LogP contribution is 2.63. The third-order valence-corrected chi connectivity index (χ3v) is 11.7. The van der Waals surface area contributed by atoms with E-state index in [1.807, 2.05) is 18.7 Å². The molecule has 2 aliphatic carbocycles. The number of fused-ring (bicyclic) bond motifs is 2. The van der Waals surface area contributed by atoms with Crippen LogP contribution >= 0.6 is 11.3 Å². The lowest BCUT2D eigenvalue weighted by molar-refractivity contribution is -0.149. The first-order valence-corrected chi connectivity index (χ1v) is 15.5. The molecule has 0 spiro atoms. The van der Waals surface area contributed by atoms with Crippen molar-refractivity contribution in [3.8, 4) is 0 Å². The summed E-state index contributed by atoms with van der Waals surface area (Å²) in [4.78, 5) is 21.2. The molecule has 9 nitrogen and oxygen atoms in total. The van der Waals surface area contributed by atoms with E-state index in [0.29, 0.717) is 45.6 Å². The number of thiazole rings is 1. The van der Waals surface area contributed by atoms with Gasteiger partial charge in [0.15, 0.2) is 5.13 Å². The molecule has 38 heavy (non-hydrogen) atoms. The lowest BCUT2D eigenvalue weighted by atomic mass is 9.47. The Morgan fingerprint density at radius 2 is 1.92 bits per heavy atom. The third kappa shape index (κ3) is 4.77. The average Bonchev–Trinajstić information content (AvgIpc) is 3.29. The zero-order chi connectivity index (χ0) is 27.3. The molecular formula is C27H37N3O6S2. The van der Waals surface area contributed by atoms with Crippen LogP contribution in [0.25, 0.3) is 0 Å². The number of morpholine rings is 1. The molecule has 3 aliphatic rings. The average molecular weight is 564 g/mol. The SMILES string of the molecule is Cc1ccc(S(=O)(=O)Nc2nc3c(s2)CC2C(C)(CO)C(O)CCC2(C)C3CC(=O)N2CCOCC2)cc1. The predicted molar refractivity (Wildman–Crippen MR) is 145 cm³/mol. The van der Waals surface area contributed by atoms with Gasteiger partial charge in [0, 0.05) is 35.7 Å². The van der Waals surface area contributed by atoms with Gasteiger partial charge in [0.2, 0.25) is 5.91 Å². The molecule has 11 heteroatoms. The molecule has 5 rings (SSSR count). The Labute approximate surface area is 228 Å². The molecular weight excluding hydrogens is 526 g/mol. The number of anilines is 1. The van der Waals surface area contributed by atoms with Crippen molar-refractivity contribution in [2.75, 3.05) is 37.6 Å². The van der Waals surface area contributed by atoms with Crippen molar-refractivity contribution in [1.29, 1.82) is 0 Å². The monoisotopic (exact) mass is 563 g/mol. The number of hydrogen-bond donors (Lipinski definition) is 3. The van der Waals surface area contributed by atoms with Gasteiger partial charge in [0.25, 0.3) is 10.0 Å². The Morgan fingerprint density at radius 1 is 1.24 bits per heavy atom. The molecule has 2 aromatic rings. The summed E-state index contributed by atoms with van der Waals surface area (Å²) in [7, 11) is -3.84. The van der Waals surface area contributed by atoms with E-state index in [4.69, 9.17) is 9.72 Å². The molecule has 1 aromatic carbocycles. The second kappa shape index (κ2) is 10.2. The minimum absolute atomic E-state index is 0.0257. The molecule has 1 amide bonds. The van der Waals surface area contributed by atoms with Crippen molar-refractivity contribution in [3.05, 3.63) is 40.4 Å². The molecule has 1 aromatic heterocycles. The summed E-state index contributed by atoms with van der Waals surface area (Å²) in [5.74, 6) is -0.336. The van der Waals surface area contributed by atoms with Gasteiger partial charge in [0.05, 0.1) is 36.5 Å². The number of rotatable bonds is 6. The fourth-order valence-electron chi connectivity index (χ4n) is 6.70. The summed E-state index contributed by atoms with van der Waals surface area (Å²) in [6.07, 6.45) is 1.36. The van der Waals surface area contributed by atoms with Crippen LogP contribution in [0.15, 0.2) is 29.2 Å². The first-order chi connectivity index (χ1) is 18.0. The van der Waals surface area contributed by atoms with Crippen LogP contribution in [-0.4, -0.2) is 73.4 Å². The number of nitrogens with zero attached hydrogens (tertiary/aromatic N) is 2. The Morgan fingerprint density at radius 3 is 2.58 bits per heavy atom. The van der Waals surface area contributed by atoms with E-state index in [0.717, 1.165) is 16.1 Å². The third-order valence-electron chi connectivity index (χ3n) is 9.19. The second-order valence-electron chi connectivity index (χ2n) is 11.5. The smallest absolute Gasteiger partial charge is 0.263 e. The Hall–Kier alpha value is -2.05. The van der Waals surface area contributed by atoms with Gasteiger partial charge < -0.3 is 19.8 Å². The van der Waals surface area contributed by atoms with Crippen LogP contribution in [0.5, 0.6) is 0 Å². The number of aromatic nitrogens is 1. The first-order valence-electron chi connectivity index (χ1n) is 13.2. The molecule has 0 radical (unpaired) electrons. The molecule has 3 N–H and O–H groups in total. The molecule has 208 valence electrons. The molecule has 5 atom stereocenters. The van der Waals surface area contributed by atoms with Crippen LogP contribution in [0.2, 0.25) is 0 Å². The van der Waals surface area contributed by atoms with Gasteiger partial charge in [-0.25, -0.2) is 13.4 Å². The fraction of sp³-hybridized carbons (Fsp3) is 0.630. The van der Waals surface area contributed by atoms with Crippen LogP contribution < -0.4 is 4.72 Å². The standard InChI is InChI=1S/C27H37N3O6S2/c1-17-4-6-18(7-5-17)38(34,35)29-25-28-24-19(14-23(33)30-10-12-36-13-11-30)26(2)9-8-22(32)27(3,16-31)21(26)15-20(24)37-25/h4-7,19,21-22,31-32H,8-16H2,1-3H3,(H,28,29). The first kappa shape index (κ1) is 27.5. The summed E-state index contributed by atoms with van der Waals surface area (Å²) in [5.41, 5.74) is 0.587. The fourth-order valence-corrected chi connectivity index (χ4v) is 9.00. The minimum atomic E-state index is -3.84. The van der Waals surface area contributed by atoms with Crippen molar-refractivity contribution in [2.45, 2.75) is 63.4 Å². The summed E-state index contributed by atoms with van der Waals surface area (Å²) in [6, 6.07) is 6.64. The number of carbonyl (C=O) groups is 1. The highest BCUT2D eigenvalue weighted by molar-refractivity contribution is 7.93. The van der Waals surface area contributed by atoms with Crippen molar-refractivity contribution in [1.82, 2.24) is 9.88 Å². The van der Waals surface area contributed by atoms with E-state index in [9.17, 15) is 23.4 Å². The van der Waals surface area contributed by atoms with Crippen molar-refractivity contribution in [2.24, 2.45) is 16.7 Å². The minimum Gasteiger partial charge on any atom is -0.396 e. The van der Waals surface area contributed by atoms with Gasteiger partial charge >= 0.3 is 0 Å². The van der Waals surface area contributed by atoms with Crippen LogP contribution in [0.1, 0.15) is 55.2 Å². The molecule has 1 aliphatic heterocycles. The zero-order valence-electron chi connectivity index (χ0n) is 22.1. The summed E-state index contributed by atoms with van der Waals surface area (Å²) in [6.45, 7) is 7.92. The van der Waals surface area contributed by atoms with Crippen molar-refractivity contribution < 1.29 is 28.2 Å². The Bertz CT molecular complexity index is 1290. The number of sulfonamides is 1. The van der Waals surface area contributed by atoms with Gasteiger partial charge in [-0.05, 0) is 49.7 Å². The van der Waals surface area contributed by atoms with E-state index in [-0.39, 0.29) is 40.8 Å². The molecule has 2 heterocycles. The van der Waals surface area contributed by atoms with Gasteiger partial charge in [-0.2, -0.15) is 0 Å². The maximum atomic E-state index is 13.5. The van der Waals surface area contributed by atoms with Crippen molar-refractivity contribution in [3.63, 3.8) is 0 Å². The largest absolute Gasteiger partial charge is 0.396 e. The van der Waals surface area contributed by atoms with Gasteiger partial charge in [-0.3, -0.25) is 9.52 Å². The zero-order valence-corrected chi connectivity index (χ0v) is 23.8. The van der Waals surface area contributed by atoms with E-state index < -0.39 is 27.0 Å². The van der Waals surface area contributed by atoms with E-state index in [2.05, 4.69) is 11.6 Å². The number of carbonyl (C=O) groups excluding carboxylic acids is 1. The van der Waals surface area contributed by atoms with Gasteiger partial charge in [-0.1, -0.05) is 31.5 Å². The quantitative estimate of drug-likeness (QED) is 0.493. The van der Waals surface area contributed by atoms with Crippen LogP contribution in [0, 0.1) is 23.7 Å². The maximum Gasteiger partial charge on any atom is 0.263 e. The number of hydrogen-bond acceptors (Lipinski definition) is 8. The number of benzene rings is 1. The number of aliphatic hydroxyl groups excluding tert-OH is 2. The second-order valence-corrected chi connectivity index (χ2v) is 14.2. The lowest BCUT2D eigenvalue weighted by Crippen LogP contribution is -2.58. The summed E-state index contributed by atoms with van der Waals surface area (Å²) in [5, 5.41) is 21.7. The van der Waals surface area contributed by atoms with Crippen LogP contribution in [-0.2, 0) is 26.0 Å².